The molecule has 28 heavy (non-hydrogen) atoms. The lowest BCUT2D eigenvalue weighted by molar-refractivity contribution is -0.149. The Kier molecular flexibility index (Phi) is 5.01. The molecule has 0 amide bonds. The van der Waals surface area contributed by atoms with E-state index in [1.54, 1.807) is 0 Å². The Balaban J connectivity index is 1.58. The summed E-state index contributed by atoms with van der Waals surface area (Å²) >= 11 is 0. The van der Waals surface area contributed by atoms with Gasteiger partial charge in [0.15, 0.2) is 5.78 Å². The Morgan fingerprint density at radius 2 is 2.00 bits per heavy atom. The minimum atomic E-state index is -0.404. The largest absolute Gasteiger partial charge is 0.458 e. The van der Waals surface area contributed by atoms with Crippen LogP contribution in [0.4, 0.5) is 0 Å². The van der Waals surface area contributed by atoms with Crippen molar-refractivity contribution >= 4 is 17.5 Å². The van der Waals surface area contributed by atoms with Crippen LogP contribution in [0.5, 0.6) is 0 Å². The first-order valence-corrected chi connectivity index (χ1v) is 10.8. The van der Waals surface area contributed by atoms with Crippen molar-refractivity contribution < 1.29 is 24.2 Å². The normalized spacial score (nSPS) is 42.1. The first-order valence-electron chi connectivity index (χ1n) is 10.8. The third kappa shape index (κ3) is 2.89. The van der Waals surface area contributed by atoms with E-state index in [2.05, 4.69) is 13.0 Å². The average molecular weight is 389 g/mol. The molecule has 3 saturated carbocycles. The lowest BCUT2D eigenvalue weighted by Crippen LogP contribution is -2.53. The number of aliphatic hydroxyl groups excluding tert-OH is 1. The summed E-state index contributed by atoms with van der Waals surface area (Å²) in [5.41, 5.74) is 0.902. The molecule has 5 nitrogen and oxygen atoms in total. The monoisotopic (exact) mass is 388 g/mol. The van der Waals surface area contributed by atoms with Gasteiger partial charge in [0.05, 0.1) is 6.61 Å². The van der Waals surface area contributed by atoms with Gasteiger partial charge >= 0.3 is 5.97 Å². The lowest BCUT2D eigenvalue weighted by atomic mass is 9.47. The van der Waals surface area contributed by atoms with Crippen molar-refractivity contribution in [3.05, 3.63) is 11.6 Å². The van der Waals surface area contributed by atoms with Crippen LogP contribution in [0.15, 0.2) is 11.6 Å². The fourth-order valence-electron chi connectivity index (χ4n) is 7.38. The summed E-state index contributed by atoms with van der Waals surface area (Å²) in [6, 6.07) is 0. The summed E-state index contributed by atoms with van der Waals surface area (Å²) in [7, 11) is 0. The van der Waals surface area contributed by atoms with Crippen LogP contribution in [0.25, 0.3) is 0 Å². The highest BCUT2D eigenvalue weighted by Crippen LogP contribution is 2.66. The number of hydrogen-bond acceptors (Lipinski definition) is 5. The number of carbonyl (C=O) groups is 3. The van der Waals surface area contributed by atoms with E-state index in [1.807, 2.05) is 0 Å². The minimum Gasteiger partial charge on any atom is -0.458 e. The van der Waals surface area contributed by atoms with E-state index in [0.717, 1.165) is 38.5 Å². The highest BCUT2D eigenvalue weighted by Gasteiger charge is 2.60. The van der Waals surface area contributed by atoms with Gasteiger partial charge in [0.25, 0.3) is 0 Å². The highest BCUT2D eigenvalue weighted by atomic mass is 16.5. The van der Waals surface area contributed by atoms with Crippen LogP contribution in [-0.4, -0.2) is 35.9 Å². The SMILES string of the molecule is CC(=O)OCC(=O)C1CCC2C3CC=C4CC(=O)CCC4(CO)C3CC[C@]12C. The van der Waals surface area contributed by atoms with Gasteiger partial charge in [-0.15, -0.1) is 0 Å². The number of ketones is 2. The molecule has 5 heteroatoms. The maximum absolute atomic E-state index is 12.8. The predicted octanol–water partition coefficient (Wildman–Crippen LogP) is 3.24. The zero-order chi connectivity index (χ0) is 20.1. The minimum absolute atomic E-state index is 0.0406. The lowest BCUT2D eigenvalue weighted by Gasteiger charge is -2.57. The molecule has 0 bridgehead atoms. The highest BCUT2D eigenvalue weighted by molar-refractivity contribution is 5.85. The molecule has 6 atom stereocenters. The van der Waals surface area contributed by atoms with Gasteiger partial charge in [0, 0.05) is 31.1 Å². The number of allylic oxidation sites excluding steroid dienone is 1. The fourth-order valence-corrected chi connectivity index (χ4v) is 7.38. The Hall–Kier alpha value is -1.49. The molecule has 154 valence electrons. The quantitative estimate of drug-likeness (QED) is 0.591. The molecule has 0 spiro atoms. The second-order valence-corrected chi connectivity index (χ2v) is 9.79. The summed E-state index contributed by atoms with van der Waals surface area (Å²) < 4.78 is 5.00. The molecule has 1 N–H and O–H groups in total. The summed E-state index contributed by atoms with van der Waals surface area (Å²) in [6.07, 6.45) is 8.92. The number of carbonyl (C=O) groups excluding carboxylic acids is 3. The average Bonchev–Trinajstić information content (AvgIpc) is 3.03. The summed E-state index contributed by atoms with van der Waals surface area (Å²) in [4.78, 5) is 35.9. The zero-order valence-electron chi connectivity index (χ0n) is 17.0. The van der Waals surface area contributed by atoms with Crippen LogP contribution in [0, 0.1) is 34.5 Å². The first-order chi connectivity index (χ1) is 13.3. The van der Waals surface area contributed by atoms with Gasteiger partial charge in [0.2, 0.25) is 0 Å². The maximum atomic E-state index is 12.8. The van der Waals surface area contributed by atoms with E-state index in [0.29, 0.717) is 36.4 Å². The van der Waals surface area contributed by atoms with Crippen LogP contribution >= 0.6 is 0 Å². The molecule has 0 heterocycles. The number of aliphatic hydroxyl groups is 1. The number of ether oxygens (including phenoxy) is 1. The molecule has 0 aromatic rings. The molecule has 0 saturated heterocycles. The van der Waals surface area contributed by atoms with Crippen molar-refractivity contribution in [1.82, 2.24) is 0 Å². The van der Waals surface area contributed by atoms with Crippen LogP contribution in [0.3, 0.4) is 0 Å². The van der Waals surface area contributed by atoms with Gasteiger partial charge in [-0.25, -0.2) is 0 Å². The first kappa shape index (κ1) is 19.8. The zero-order valence-corrected chi connectivity index (χ0v) is 17.0. The topological polar surface area (TPSA) is 80.7 Å². The Labute approximate surface area is 166 Å². The van der Waals surface area contributed by atoms with E-state index in [1.165, 1.54) is 12.5 Å². The number of hydrogen-bond donors (Lipinski definition) is 1. The van der Waals surface area contributed by atoms with E-state index < -0.39 is 5.97 Å². The van der Waals surface area contributed by atoms with Gasteiger partial charge in [-0.2, -0.15) is 0 Å². The third-order valence-electron chi connectivity index (χ3n) is 8.75. The van der Waals surface area contributed by atoms with E-state index in [9.17, 15) is 19.5 Å². The number of rotatable bonds is 4. The van der Waals surface area contributed by atoms with Crippen molar-refractivity contribution in [2.75, 3.05) is 13.2 Å². The molecule has 0 aliphatic heterocycles. The van der Waals surface area contributed by atoms with Crippen molar-refractivity contribution in [3.8, 4) is 0 Å². The number of Topliss-reactive ketones (excluding diaryl/α,β-unsaturated/α-hetero) is 2. The summed E-state index contributed by atoms with van der Waals surface area (Å²) in [5, 5.41) is 10.4. The summed E-state index contributed by atoms with van der Waals surface area (Å²) in [5.74, 6) is 1.24. The number of esters is 1. The second-order valence-electron chi connectivity index (χ2n) is 9.79. The molecular weight excluding hydrogens is 356 g/mol. The Morgan fingerprint density at radius 1 is 1.21 bits per heavy atom. The van der Waals surface area contributed by atoms with Gasteiger partial charge in [-0.1, -0.05) is 18.6 Å². The molecule has 4 aliphatic rings. The van der Waals surface area contributed by atoms with Crippen LogP contribution in [-0.2, 0) is 19.1 Å². The van der Waals surface area contributed by atoms with Crippen molar-refractivity contribution in [1.29, 1.82) is 0 Å². The van der Waals surface area contributed by atoms with Gasteiger partial charge in [0.1, 0.15) is 12.4 Å². The fraction of sp³-hybridized carbons (Fsp3) is 0.783. The van der Waals surface area contributed by atoms with Gasteiger partial charge in [-0.05, 0) is 61.7 Å². The van der Waals surface area contributed by atoms with Crippen molar-refractivity contribution in [2.24, 2.45) is 34.5 Å². The standard InChI is InChI=1S/C23H32O5/c1-14(25)28-12-21(27)20-6-5-18-17-4-3-15-11-16(26)7-10-23(15,13-24)19(17)8-9-22(18,20)2/h3,17-20,24H,4-13H2,1-2H3/t17?,18?,19?,20?,22-,23?/m0/s1. The van der Waals surface area contributed by atoms with E-state index in [-0.39, 0.29) is 35.7 Å². The molecule has 4 aliphatic carbocycles. The Morgan fingerprint density at radius 3 is 2.71 bits per heavy atom. The van der Waals surface area contributed by atoms with Gasteiger partial charge < -0.3 is 9.84 Å². The molecule has 0 aromatic heterocycles. The summed E-state index contributed by atoms with van der Waals surface area (Å²) in [6.45, 7) is 3.62. The van der Waals surface area contributed by atoms with E-state index in [4.69, 9.17) is 4.74 Å². The van der Waals surface area contributed by atoms with E-state index >= 15 is 0 Å². The number of fused-ring (bicyclic) bond motifs is 5. The van der Waals surface area contributed by atoms with Crippen molar-refractivity contribution in [3.63, 3.8) is 0 Å². The molecule has 4 rings (SSSR count). The predicted molar refractivity (Wildman–Crippen MR) is 103 cm³/mol. The van der Waals surface area contributed by atoms with Gasteiger partial charge in [-0.3, -0.25) is 14.4 Å². The molecule has 5 unspecified atom stereocenters. The van der Waals surface area contributed by atoms with Crippen LogP contribution < -0.4 is 0 Å². The smallest absolute Gasteiger partial charge is 0.303 e. The molecule has 0 aromatic carbocycles. The van der Waals surface area contributed by atoms with Crippen LogP contribution in [0.1, 0.15) is 65.2 Å². The molecular formula is C23H32O5. The second kappa shape index (κ2) is 7.08. The Bertz CT molecular complexity index is 725. The molecule has 3 fully saturated rings. The third-order valence-corrected chi connectivity index (χ3v) is 8.75. The maximum Gasteiger partial charge on any atom is 0.303 e. The molecule has 0 radical (unpaired) electrons. The van der Waals surface area contributed by atoms with Crippen molar-refractivity contribution in [2.45, 2.75) is 65.2 Å². The van der Waals surface area contributed by atoms with Crippen LogP contribution in [0.2, 0.25) is 0 Å².